The van der Waals surface area contributed by atoms with E-state index in [1.54, 1.807) is 6.92 Å². The number of hydrogen-bond acceptors (Lipinski definition) is 4. The Morgan fingerprint density at radius 3 is 2.57 bits per heavy atom. The second kappa shape index (κ2) is 6.71. The van der Waals surface area contributed by atoms with E-state index in [9.17, 15) is 21.6 Å². The predicted molar refractivity (Wildman–Crippen MR) is 99.4 cm³/mol. The molecule has 0 atom stereocenters. The van der Waals surface area contributed by atoms with Gasteiger partial charge in [-0.2, -0.15) is 22.6 Å². The van der Waals surface area contributed by atoms with Crippen molar-refractivity contribution in [3.63, 3.8) is 0 Å². The standard InChI is InChI=1S/C18H16F3N3O2S2/c1-11-16(9-15(27-11)14-8-17(23-22-14)18(19,20)21)28(25,26)24-7-6-12-4-2-3-5-13(12)10-24/h2-5,8-9H,6-7,10H2,1H3,(H,22,23). The van der Waals surface area contributed by atoms with Crippen LogP contribution in [0.3, 0.4) is 0 Å². The van der Waals surface area contributed by atoms with E-state index < -0.39 is 21.9 Å². The molecule has 0 aliphatic carbocycles. The fourth-order valence-electron chi connectivity index (χ4n) is 3.25. The molecule has 10 heteroatoms. The van der Waals surface area contributed by atoms with Gasteiger partial charge in [0.25, 0.3) is 0 Å². The van der Waals surface area contributed by atoms with E-state index >= 15 is 0 Å². The lowest BCUT2D eigenvalue weighted by atomic mass is 10.0. The van der Waals surface area contributed by atoms with Crippen LogP contribution in [0.2, 0.25) is 0 Å². The molecule has 5 nitrogen and oxygen atoms in total. The SMILES string of the molecule is Cc1sc(-c2cc(C(F)(F)F)[nH]n2)cc1S(=O)(=O)N1CCc2ccccc2C1. The molecule has 0 spiro atoms. The fraction of sp³-hybridized carbons (Fsp3) is 0.278. The highest BCUT2D eigenvalue weighted by atomic mass is 32.2. The number of rotatable bonds is 3. The molecule has 0 bridgehead atoms. The number of halogens is 3. The summed E-state index contributed by atoms with van der Waals surface area (Å²) in [5.74, 6) is 0. The Kier molecular flexibility index (Phi) is 4.59. The average Bonchev–Trinajstić information content (AvgIpc) is 3.28. The summed E-state index contributed by atoms with van der Waals surface area (Å²) in [4.78, 5) is 1.01. The number of H-pyrrole nitrogens is 1. The number of thiophene rings is 1. The van der Waals surface area contributed by atoms with Crippen molar-refractivity contribution < 1.29 is 21.6 Å². The van der Waals surface area contributed by atoms with Crippen LogP contribution < -0.4 is 0 Å². The molecule has 0 saturated heterocycles. The largest absolute Gasteiger partial charge is 0.432 e. The summed E-state index contributed by atoms with van der Waals surface area (Å²) in [7, 11) is -3.76. The molecule has 28 heavy (non-hydrogen) atoms. The van der Waals surface area contributed by atoms with Crippen LogP contribution in [0.25, 0.3) is 10.6 Å². The van der Waals surface area contributed by atoms with Gasteiger partial charge in [-0.15, -0.1) is 11.3 Å². The first kappa shape index (κ1) is 19.2. The normalized spacial score (nSPS) is 15.6. The monoisotopic (exact) mass is 427 g/mol. The summed E-state index contributed by atoms with van der Waals surface area (Å²) < 4.78 is 66.1. The zero-order valence-corrected chi connectivity index (χ0v) is 16.4. The number of aromatic amines is 1. The van der Waals surface area contributed by atoms with Gasteiger partial charge in [0, 0.05) is 18.0 Å². The summed E-state index contributed by atoms with van der Waals surface area (Å²) in [6.45, 7) is 2.30. The molecule has 1 aliphatic heterocycles. The van der Waals surface area contributed by atoms with E-state index in [0.717, 1.165) is 28.5 Å². The molecule has 0 amide bonds. The number of fused-ring (bicyclic) bond motifs is 1. The summed E-state index contributed by atoms with van der Waals surface area (Å²) in [6, 6.07) is 10.00. The van der Waals surface area contributed by atoms with Gasteiger partial charge >= 0.3 is 6.18 Å². The summed E-state index contributed by atoms with van der Waals surface area (Å²) in [5.41, 5.74) is 1.21. The number of alkyl halides is 3. The maximum absolute atomic E-state index is 13.2. The van der Waals surface area contributed by atoms with Gasteiger partial charge in [0.05, 0.1) is 9.77 Å². The minimum absolute atomic E-state index is 0.0749. The van der Waals surface area contributed by atoms with Gasteiger partial charge in [-0.05, 0) is 36.6 Å². The number of hydrogen-bond donors (Lipinski definition) is 1. The molecule has 3 heterocycles. The number of nitrogens with one attached hydrogen (secondary N) is 1. The van der Waals surface area contributed by atoms with Gasteiger partial charge in [-0.3, -0.25) is 5.10 Å². The van der Waals surface area contributed by atoms with Gasteiger partial charge < -0.3 is 0 Å². The molecule has 0 fully saturated rings. The summed E-state index contributed by atoms with van der Waals surface area (Å²) in [6.07, 6.45) is -3.91. The van der Waals surface area contributed by atoms with Crippen molar-refractivity contribution in [2.24, 2.45) is 0 Å². The lowest BCUT2D eigenvalue weighted by molar-refractivity contribution is -0.141. The van der Waals surface area contributed by atoms with E-state index in [1.165, 1.54) is 10.4 Å². The van der Waals surface area contributed by atoms with E-state index in [2.05, 4.69) is 5.10 Å². The number of sulfonamides is 1. The third-order valence-corrected chi connectivity index (χ3v) is 7.89. The van der Waals surface area contributed by atoms with Crippen molar-refractivity contribution in [1.29, 1.82) is 0 Å². The molecule has 0 radical (unpaired) electrons. The predicted octanol–water partition coefficient (Wildman–Crippen LogP) is 4.21. The van der Waals surface area contributed by atoms with Crippen LogP contribution >= 0.6 is 11.3 Å². The minimum Gasteiger partial charge on any atom is -0.273 e. The Labute approximate surface area is 163 Å². The van der Waals surface area contributed by atoms with Crippen molar-refractivity contribution >= 4 is 21.4 Å². The van der Waals surface area contributed by atoms with Crippen LogP contribution in [0.4, 0.5) is 13.2 Å². The van der Waals surface area contributed by atoms with Crippen LogP contribution in [0.5, 0.6) is 0 Å². The average molecular weight is 427 g/mol. The van der Waals surface area contributed by atoms with E-state index in [4.69, 9.17) is 0 Å². The Morgan fingerprint density at radius 2 is 1.89 bits per heavy atom. The van der Waals surface area contributed by atoms with Crippen molar-refractivity contribution in [2.45, 2.75) is 31.0 Å². The Bertz CT molecular complexity index is 1130. The first-order chi connectivity index (χ1) is 13.2. The molecule has 148 valence electrons. The molecular formula is C18H16F3N3O2S2. The third kappa shape index (κ3) is 3.36. The third-order valence-electron chi connectivity index (χ3n) is 4.72. The zero-order valence-electron chi connectivity index (χ0n) is 14.7. The van der Waals surface area contributed by atoms with Crippen molar-refractivity contribution in [2.75, 3.05) is 6.54 Å². The second-order valence-electron chi connectivity index (χ2n) is 6.55. The van der Waals surface area contributed by atoms with Gasteiger partial charge in [-0.1, -0.05) is 24.3 Å². The van der Waals surface area contributed by atoms with Gasteiger partial charge in [0.1, 0.15) is 11.4 Å². The van der Waals surface area contributed by atoms with Gasteiger partial charge in [-0.25, -0.2) is 8.42 Å². The lowest BCUT2D eigenvalue weighted by Gasteiger charge is -2.28. The first-order valence-corrected chi connectivity index (χ1v) is 10.7. The Morgan fingerprint density at radius 1 is 1.18 bits per heavy atom. The highest BCUT2D eigenvalue weighted by Gasteiger charge is 2.34. The summed E-state index contributed by atoms with van der Waals surface area (Å²) in [5, 5.41) is 5.65. The van der Waals surface area contributed by atoms with E-state index in [1.807, 2.05) is 29.4 Å². The highest BCUT2D eigenvalue weighted by molar-refractivity contribution is 7.89. The Balaban J connectivity index is 1.66. The van der Waals surface area contributed by atoms with Crippen LogP contribution in [0.1, 0.15) is 21.7 Å². The van der Waals surface area contributed by atoms with E-state index in [-0.39, 0.29) is 17.1 Å². The van der Waals surface area contributed by atoms with Crippen LogP contribution in [-0.4, -0.2) is 29.5 Å². The fourth-order valence-corrected chi connectivity index (χ4v) is 6.19. The lowest BCUT2D eigenvalue weighted by Crippen LogP contribution is -2.36. The van der Waals surface area contributed by atoms with Crippen LogP contribution in [0, 0.1) is 6.92 Å². The minimum atomic E-state index is -4.53. The maximum Gasteiger partial charge on any atom is 0.432 e. The topological polar surface area (TPSA) is 66.1 Å². The number of nitrogens with zero attached hydrogens (tertiary/aromatic N) is 2. The first-order valence-electron chi connectivity index (χ1n) is 8.46. The van der Waals surface area contributed by atoms with Crippen molar-refractivity contribution in [1.82, 2.24) is 14.5 Å². The second-order valence-corrected chi connectivity index (χ2v) is 9.72. The molecular weight excluding hydrogens is 411 g/mol. The van der Waals surface area contributed by atoms with Crippen LogP contribution in [0.15, 0.2) is 41.3 Å². The summed E-state index contributed by atoms with van der Waals surface area (Å²) >= 11 is 1.11. The number of aromatic nitrogens is 2. The van der Waals surface area contributed by atoms with E-state index in [0.29, 0.717) is 22.7 Å². The molecule has 0 unspecified atom stereocenters. The molecule has 4 rings (SSSR count). The maximum atomic E-state index is 13.2. The van der Waals surface area contributed by atoms with Gasteiger partial charge in [0.15, 0.2) is 0 Å². The molecule has 3 aromatic rings. The molecule has 1 N–H and O–H groups in total. The zero-order chi connectivity index (χ0) is 20.1. The van der Waals surface area contributed by atoms with Crippen LogP contribution in [-0.2, 0) is 29.2 Å². The van der Waals surface area contributed by atoms with Crippen molar-refractivity contribution in [3.8, 4) is 10.6 Å². The molecule has 2 aromatic heterocycles. The molecule has 0 saturated carbocycles. The highest BCUT2D eigenvalue weighted by Crippen LogP contribution is 2.37. The smallest absolute Gasteiger partial charge is 0.273 e. The quantitative estimate of drug-likeness (QED) is 0.681. The van der Waals surface area contributed by atoms with Gasteiger partial charge in [0.2, 0.25) is 10.0 Å². The molecule has 1 aliphatic rings. The Hall–Kier alpha value is -2.17. The molecule has 1 aromatic carbocycles. The number of aryl methyl sites for hydroxylation is 1. The van der Waals surface area contributed by atoms with Crippen molar-refractivity contribution in [3.05, 3.63) is 58.1 Å². The number of benzene rings is 1.